The summed E-state index contributed by atoms with van der Waals surface area (Å²) in [5, 5.41) is 10.4. The van der Waals surface area contributed by atoms with Crippen molar-refractivity contribution >= 4 is 5.69 Å². The molecule has 0 spiro atoms. The van der Waals surface area contributed by atoms with Gasteiger partial charge in [0.1, 0.15) is 0 Å². The third-order valence-corrected chi connectivity index (χ3v) is 1.56. The van der Waals surface area contributed by atoms with Crippen LogP contribution in [-0.2, 0) is 6.42 Å². The predicted octanol–water partition coefficient (Wildman–Crippen LogP) is 1.86. The first-order valence-corrected chi connectivity index (χ1v) is 3.75. The molecule has 0 aliphatic heterocycles. The molecule has 64 valence electrons. The van der Waals surface area contributed by atoms with Crippen LogP contribution in [-0.4, -0.2) is 9.91 Å². The van der Waals surface area contributed by atoms with E-state index in [2.05, 4.69) is 4.98 Å². The van der Waals surface area contributed by atoms with Crippen molar-refractivity contribution in [3.63, 3.8) is 0 Å². The molecule has 4 nitrogen and oxygen atoms in total. The van der Waals surface area contributed by atoms with Crippen LogP contribution in [0, 0.1) is 17.0 Å². The summed E-state index contributed by atoms with van der Waals surface area (Å²) in [5.41, 5.74) is 1.59. The van der Waals surface area contributed by atoms with E-state index in [1.807, 2.05) is 6.92 Å². The molecule has 0 fully saturated rings. The second kappa shape index (κ2) is 3.30. The Hall–Kier alpha value is -1.45. The molecule has 0 saturated heterocycles. The average molecular weight is 166 g/mol. The first-order chi connectivity index (χ1) is 5.63. The summed E-state index contributed by atoms with van der Waals surface area (Å²) in [6, 6.07) is 2.98. The van der Waals surface area contributed by atoms with Crippen molar-refractivity contribution in [2.24, 2.45) is 0 Å². The molecule has 1 aromatic heterocycles. The number of aromatic nitrogens is 1. The van der Waals surface area contributed by atoms with Crippen LogP contribution in [0.4, 0.5) is 5.69 Å². The number of hydrogen-bond acceptors (Lipinski definition) is 3. The summed E-state index contributed by atoms with van der Waals surface area (Å²) in [4.78, 5) is 14.1. The molecule has 0 unspecified atom stereocenters. The number of aryl methyl sites for hydroxylation is 2. The summed E-state index contributed by atoms with van der Waals surface area (Å²) in [5.74, 6) is 0. The second-order valence-electron chi connectivity index (χ2n) is 2.57. The summed E-state index contributed by atoms with van der Waals surface area (Å²) in [6.45, 7) is 3.68. The highest BCUT2D eigenvalue weighted by Crippen LogP contribution is 2.13. The number of nitrogens with zero attached hydrogens (tertiary/aromatic N) is 2. The smallest absolute Gasteiger partial charge is 0.258 e. The Morgan fingerprint density at radius 1 is 1.58 bits per heavy atom. The van der Waals surface area contributed by atoms with Gasteiger partial charge in [-0.2, -0.15) is 0 Å². The maximum Gasteiger partial charge on any atom is 0.273 e. The lowest BCUT2D eigenvalue weighted by molar-refractivity contribution is -0.385. The Labute approximate surface area is 70.4 Å². The molecule has 12 heavy (non-hydrogen) atoms. The van der Waals surface area contributed by atoms with Crippen LogP contribution < -0.4 is 0 Å². The summed E-state index contributed by atoms with van der Waals surface area (Å²) in [7, 11) is 0. The lowest BCUT2D eigenvalue weighted by Crippen LogP contribution is -1.95. The van der Waals surface area contributed by atoms with Gasteiger partial charge < -0.3 is 0 Å². The first kappa shape index (κ1) is 8.64. The third kappa shape index (κ3) is 1.78. The Kier molecular flexibility index (Phi) is 2.38. The first-order valence-electron chi connectivity index (χ1n) is 3.75. The standard InChI is InChI=1S/C8H10N2O2/c1-3-7-5-8(10(11)12)4-6(2)9-7/h4-5H,3H2,1-2H3. The van der Waals surface area contributed by atoms with Crippen molar-refractivity contribution in [1.29, 1.82) is 0 Å². The van der Waals surface area contributed by atoms with Crippen LogP contribution in [0.1, 0.15) is 18.3 Å². The van der Waals surface area contributed by atoms with Crippen molar-refractivity contribution in [3.8, 4) is 0 Å². The predicted molar refractivity (Wildman–Crippen MR) is 45.0 cm³/mol. The third-order valence-electron chi connectivity index (χ3n) is 1.56. The van der Waals surface area contributed by atoms with Gasteiger partial charge in [-0.25, -0.2) is 0 Å². The normalized spacial score (nSPS) is 9.83. The molecular weight excluding hydrogens is 156 g/mol. The molecule has 0 radical (unpaired) electrons. The van der Waals surface area contributed by atoms with E-state index in [4.69, 9.17) is 0 Å². The SMILES string of the molecule is CCc1cc([N+](=O)[O-])cc(C)n1. The minimum atomic E-state index is -0.395. The van der Waals surface area contributed by atoms with Crippen LogP contribution in [0.2, 0.25) is 0 Å². The van der Waals surface area contributed by atoms with Gasteiger partial charge in [-0.15, -0.1) is 0 Å². The van der Waals surface area contributed by atoms with E-state index in [0.29, 0.717) is 5.69 Å². The molecule has 0 amide bonds. The molecule has 0 atom stereocenters. The molecule has 0 aromatic carbocycles. The van der Waals surface area contributed by atoms with Crippen molar-refractivity contribution in [2.45, 2.75) is 20.3 Å². The molecule has 0 aliphatic rings. The van der Waals surface area contributed by atoms with Gasteiger partial charge >= 0.3 is 0 Å². The van der Waals surface area contributed by atoms with Gasteiger partial charge in [0.15, 0.2) is 0 Å². The van der Waals surface area contributed by atoms with Gasteiger partial charge in [0.05, 0.1) is 4.92 Å². The van der Waals surface area contributed by atoms with Gasteiger partial charge in [0.2, 0.25) is 0 Å². The Morgan fingerprint density at radius 3 is 2.75 bits per heavy atom. The van der Waals surface area contributed by atoms with Crippen LogP contribution in [0.25, 0.3) is 0 Å². The minimum Gasteiger partial charge on any atom is -0.258 e. The van der Waals surface area contributed by atoms with E-state index in [1.165, 1.54) is 12.1 Å². The van der Waals surface area contributed by atoms with E-state index in [0.717, 1.165) is 12.1 Å². The minimum absolute atomic E-state index is 0.124. The van der Waals surface area contributed by atoms with Crippen molar-refractivity contribution in [3.05, 3.63) is 33.6 Å². The Balaban J connectivity index is 3.15. The number of nitro groups is 1. The summed E-state index contributed by atoms with van der Waals surface area (Å²) >= 11 is 0. The highest BCUT2D eigenvalue weighted by molar-refractivity contribution is 5.32. The molecule has 0 aliphatic carbocycles. The van der Waals surface area contributed by atoms with E-state index in [-0.39, 0.29) is 5.69 Å². The monoisotopic (exact) mass is 166 g/mol. The van der Waals surface area contributed by atoms with Crippen molar-refractivity contribution < 1.29 is 4.92 Å². The lowest BCUT2D eigenvalue weighted by Gasteiger charge is -1.97. The van der Waals surface area contributed by atoms with Crippen LogP contribution in [0.3, 0.4) is 0 Å². The fraction of sp³-hybridized carbons (Fsp3) is 0.375. The maximum atomic E-state index is 10.4. The number of pyridine rings is 1. The largest absolute Gasteiger partial charge is 0.273 e. The van der Waals surface area contributed by atoms with Crippen LogP contribution in [0.5, 0.6) is 0 Å². The van der Waals surface area contributed by atoms with E-state index < -0.39 is 4.92 Å². The topological polar surface area (TPSA) is 56.0 Å². The zero-order valence-electron chi connectivity index (χ0n) is 7.07. The van der Waals surface area contributed by atoms with Crippen molar-refractivity contribution in [2.75, 3.05) is 0 Å². The van der Waals surface area contributed by atoms with E-state index in [9.17, 15) is 10.1 Å². The molecule has 1 heterocycles. The zero-order chi connectivity index (χ0) is 9.14. The molecule has 1 rings (SSSR count). The van der Waals surface area contributed by atoms with Crippen LogP contribution in [0.15, 0.2) is 12.1 Å². The molecule has 0 saturated carbocycles. The summed E-state index contributed by atoms with van der Waals surface area (Å²) in [6.07, 6.45) is 0.725. The molecule has 0 N–H and O–H groups in total. The molecule has 0 bridgehead atoms. The van der Waals surface area contributed by atoms with E-state index >= 15 is 0 Å². The highest BCUT2D eigenvalue weighted by atomic mass is 16.6. The molecular formula is C8H10N2O2. The molecule has 1 aromatic rings. The average Bonchev–Trinajstić information content (AvgIpc) is 2.03. The fourth-order valence-electron chi connectivity index (χ4n) is 1.00. The molecule has 4 heteroatoms. The van der Waals surface area contributed by atoms with Gasteiger partial charge in [-0.3, -0.25) is 15.1 Å². The Bertz CT molecular complexity index is 310. The highest BCUT2D eigenvalue weighted by Gasteiger charge is 2.07. The summed E-state index contributed by atoms with van der Waals surface area (Å²) < 4.78 is 0. The fourth-order valence-corrected chi connectivity index (χ4v) is 1.00. The number of hydrogen-bond donors (Lipinski definition) is 0. The van der Waals surface area contributed by atoms with Crippen molar-refractivity contribution in [1.82, 2.24) is 4.98 Å². The van der Waals surface area contributed by atoms with Gasteiger partial charge in [0, 0.05) is 23.5 Å². The van der Waals surface area contributed by atoms with Crippen LogP contribution >= 0.6 is 0 Å². The Morgan fingerprint density at radius 2 is 2.25 bits per heavy atom. The lowest BCUT2D eigenvalue weighted by atomic mass is 10.2. The van der Waals surface area contributed by atoms with E-state index in [1.54, 1.807) is 6.92 Å². The van der Waals surface area contributed by atoms with Gasteiger partial charge in [-0.1, -0.05) is 6.92 Å². The van der Waals surface area contributed by atoms with Gasteiger partial charge in [-0.05, 0) is 13.3 Å². The number of rotatable bonds is 2. The second-order valence-corrected chi connectivity index (χ2v) is 2.57. The quantitative estimate of drug-likeness (QED) is 0.497. The maximum absolute atomic E-state index is 10.4. The zero-order valence-corrected chi connectivity index (χ0v) is 7.07. The van der Waals surface area contributed by atoms with Gasteiger partial charge in [0.25, 0.3) is 5.69 Å².